The summed E-state index contributed by atoms with van der Waals surface area (Å²) in [6.07, 6.45) is 4.33. The molecule has 138 valence electrons. The summed E-state index contributed by atoms with van der Waals surface area (Å²) in [6.45, 7) is 6.93. The Hall–Kier alpha value is -2.83. The number of nitrogens with one attached hydrogen (secondary N) is 3. The highest BCUT2D eigenvalue weighted by molar-refractivity contribution is 5.94. The molecule has 7 nitrogen and oxygen atoms in total. The van der Waals surface area contributed by atoms with Gasteiger partial charge in [-0.3, -0.25) is 14.5 Å². The number of anilines is 1. The number of aryl methyl sites for hydroxylation is 1. The van der Waals surface area contributed by atoms with E-state index in [2.05, 4.69) is 27.1 Å². The zero-order valence-electron chi connectivity index (χ0n) is 15.3. The number of carbonyl (C=O) groups is 1. The fourth-order valence-corrected chi connectivity index (χ4v) is 3.09. The molecule has 3 rings (SSSR count). The molecule has 0 fully saturated rings. The molecule has 0 spiro atoms. The predicted octanol–water partition coefficient (Wildman–Crippen LogP) is 1.87. The summed E-state index contributed by atoms with van der Waals surface area (Å²) < 4.78 is 1.91. The largest absolute Gasteiger partial charge is 0.357 e. The van der Waals surface area contributed by atoms with Crippen molar-refractivity contribution in [2.75, 3.05) is 25.0 Å². The zero-order chi connectivity index (χ0) is 18.4. The Morgan fingerprint density at radius 3 is 3.00 bits per heavy atom. The first kappa shape index (κ1) is 18.0. The number of para-hydroxylation sites is 1. The first-order valence-electron chi connectivity index (χ1n) is 9.05. The smallest absolute Gasteiger partial charge is 0.225 e. The molecular weight excluding hydrogens is 328 g/mol. The molecule has 0 aliphatic carbocycles. The second-order valence-corrected chi connectivity index (χ2v) is 6.46. The molecule has 3 N–H and O–H groups in total. The number of guanidine groups is 1. The number of nitrogens with zero attached hydrogens (tertiary/aromatic N) is 3. The zero-order valence-corrected chi connectivity index (χ0v) is 15.3. The normalized spacial score (nSPS) is 16.8. The monoisotopic (exact) mass is 354 g/mol. The molecule has 0 bridgehead atoms. The minimum Gasteiger partial charge on any atom is -0.357 e. The lowest BCUT2D eigenvalue weighted by molar-refractivity contribution is -0.116. The van der Waals surface area contributed by atoms with E-state index in [1.165, 1.54) is 0 Å². The van der Waals surface area contributed by atoms with Gasteiger partial charge < -0.3 is 16.0 Å². The molecule has 1 aromatic heterocycles. The van der Waals surface area contributed by atoms with Crippen molar-refractivity contribution in [3.8, 4) is 0 Å². The lowest BCUT2D eigenvalue weighted by atomic mass is 9.91. The van der Waals surface area contributed by atoms with Crippen LogP contribution in [0.25, 0.3) is 0 Å². The van der Waals surface area contributed by atoms with Gasteiger partial charge >= 0.3 is 0 Å². The molecule has 2 heterocycles. The molecule has 1 aliphatic rings. The average molecular weight is 354 g/mol. The fourth-order valence-electron chi connectivity index (χ4n) is 3.09. The van der Waals surface area contributed by atoms with Gasteiger partial charge in [0.2, 0.25) is 5.91 Å². The van der Waals surface area contributed by atoms with E-state index in [-0.39, 0.29) is 11.8 Å². The van der Waals surface area contributed by atoms with Gasteiger partial charge in [0.15, 0.2) is 5.96 Å². The highest BCUT2D eigenvalue weighted by atomic mass is 16.1. The number of hydrogen-bond donors (Lipinski definition) is 3. The summed E-state index contributed by atoms with van der Waals surface area (Å²) >= 11 is 0. The van der Waals surface area contributed by atoms with E-state index < -0.39 is 0 Å². The third-order valence-electron chi connectivity index (χ3n) is 4.32. The summed E-state index contributed by atoms with van der Waals surface area (Å²) in [7, 11) is 0. The second kappa shape index (κ2) is 8.51. The van der Waals surface area contributed by atoms with E-state index in [4.69, 9.17) is 4.99 Å². The summed E-state index contributed by atoms with van der Waals surface area (Å²) in [6, 6.07) is 7.95. The van der Waals surface area contributed by atoms with Crippen molar-refractivity contribution in [1.29, 1.82) is 0 Å². The molecular formula is C19H26N6O. The maximum atomic E-state index is 11.9. The van der Waals surface area contributed by atoms with Crippen LogP contribution < -0.4 is 16.0 Å². The summed E-state index contributed by atoms with van der Waals surface area (Å²) in [5.41, 5.74) is 3.20. The quantitative estimate of drug-likeness (QED) is 0.546. The third kappa shape index (κ3) is 4.62. The molecule has 0 saturated heterocycles. The van der Waals surface area contributed by atoms with Crippen LogP contribution in [0.4, 0.5) is 5.69 Å². The van der Waals surface area contributed by atoms with Crippen molar-refractivity contribution in [3.63, 3.8) is 0 Å². The van der Waals surface area contributed by atoms with Crippen molar-refractivity contribution < 1.29 is 4.79 Å². The van der Waals surface area contributed by atoms with E-state index in [0.717, 1.165) is 42.4 Å². The molecule has 0 saturated carbocycles. The number of carbonyl (C=O) groups excluding carboxylic acids is 1. The molecule has 1 atom stereocenters. The molecule has 1 aliphatic heterocycles. The highest BCUT2D eigenvalue weighted by Crippen LogP contribution is 2.31. The highest BCUT2D eigenvalue weighted by Gasteiger charge is 2.24. The van der Waals surface area contributed by atoms with Gasteiger partial charge in [-0.1, -0.05) is 18.2 Å². The van der Waals surface area contributed by atoms with Crippen LogP contribution in [-0.2, 0) is 11.3 Å². The van der Waals surface area contributed by atoms with E-state index in [1.807, 2.05) is 49.1 Å². The van der Waals surface area contributed by atoms with Crippen molar-refractivity contribution in [3.05, 3.63) is 47.8 Å². The number of amides is 1. The summed E-state index contributed by atoms with van der Waals surface area (Å²) in [5, 5.41) is 13.8. The Morgan fingerprint density at radius 1 is 1.38 bits per heavy atom. The molecule has 1 amide bonds. The van der Waals surface area contributed by atoms with Crippen molar-refractivity contribution in [2.24, 2.45) is 4.99 Å². The van der Waals surface area contributed by atoms with Crippen molar-refractivity contribution in [2.45, 2.75) is 32.7 Å². The Bertz CT molecular complexity index is 782. The molecule has 1 aromatic carbocycles. The second-order valence-electron chi connectivity index (χ2n) is 6.46. The van der Waals surface area contributed by atoms with Gasteiger partial charge in [0.25, 0.3) is 0 Å². The number of hydrogen-bond acceptors (Lipinski definition) is 3. The van der Waals surface area contributed by atoms with Gasteiger partial charge in [0, 0.05) is 37.3 Å². The Morgan fingerprint density at radius 2 is 2.23 bits per heavy atom. The van der Waals surface area contributed by atoms with Crippen LogP contribution in [-0.4, -0.2) is 41.3 Å². The predicted molar refractivity (Wildman–Crippen MR) is 103 cm³/mol. The first-order valence-corrected chi connectivity index (χ1v) is 9.05. The van der Waals surface area contributed by atoms with Crippen molar-refractivity contribution in [1.82, 2.24) is 20.4 Å². The van der Waals surface area contributed by atoms with Gasteiger partial charge in [-0.25, -0.2) is 0 Å². The Balaban J connectivity index is 1.61. The average Bonchev–Trinajstić information content (AvgIpc) is 3.04. The lowest BCUT2D eigenvalue weighted by Gasteiger charge is -2.24. The van der Waals surface area contributed by atoms with E-state index >= 15 is 0 Å². The van der Waals surface area contributed by atoms with Gasteiger partial charge in [0.05, 0.1) is 19.3 Å². The standard InChI is InChI=1S/C19H26N6O/c1-3-20-19(21-8-9-25-13-14(2)11-23-25)22-12-15-10-18(26)24-17-7-5-4-6-16(15)17/h4-7,11,13,15H,3,8-10,12H2,1-2H3,(H,24,26)(H2,20,21,22). The van der Waals surface area contributed by atoms with Crippen molar-refractivity contribution >= 4 is 17.6 Å². The lowest BCUT2D eigenvalue weighted by Crippen LogP contribution is -2.39. The van der Waals surface area contributed by atoms with E-state index in [0.29, 0.717) is 13.0 Å². The maximum absolute atomic E-state index is 11.9. The molecule has 26 heavy (non-hydrogen) atoms. The van der Waals surface area contributed by atoms with Gasteiger partial charge in [-0.15, -0.1) is 0 Å². The van der Waals surface area contributed by atoms with E-state index in [9.17, 15) is 4.79 Å². The molecule has 7 heteroatoms. The molecule has 1 unspecified atom stereocenters. The molecule has 2 aromatic rings. The van der Waals surface area contributed by atoms with Crippen LogP contribution in [0.5, 0.6) is 0 Å². The summed E-state index contributed by atoms with van der Waals surface area (Å²) in [5.74, 6) is 0.917. The Labute approximate surface area is 153 Å². The maximum Gasteiger partial charge on any atom is 0.225 e. The fraction of sp³-hybridized carbons (Fsp3) is 0.421. The van der Waals surface area contributed by atoms with Gasteiger partial charge in [-0.2, -0.15) is 5.10 Å². The van der Waals surface area contributed by atoms with Crippen LogP contribution in [0.2, 0.25) is 0 Å². The van der Waals surface area contributed by atoms with Crippen LogP contribution in [0.15, 0.2) is 41.7 Å². The number of benzene rings is 1. The van der Waals surface area contributed by atoms with Crippen LogP contribution in [0, 0.1) is 6.92 Å². The number of aliphatic imine (C=N–C) groups is 1. The first-order chi connectivity index (χ1) is 12.7. The topological polar surface area (TPSA) is 83.3 Å². The Kier molecular flexibility index (Phi) is 5.88. The number of rotatable bonds is 6. The van der Waals surface area contributed by atoms with Crippen LogP contribution >= 0.6 is 0 Å². The minimum absolute atomic E-state index is 0.0518. The van der Waals surface area contributed by atoms with Gasteiger partial charge in [-0.05, 0) is 31.0 Å². The molecule has 0 radical (unpaired) electrons. The number of fused-ring (bicyclic) bond motifs is 1. The SMILES string of the molecule is CCNC(=NCC1CC(=O)Nc2ccccc21)NCCn1cc(C)cn1. The third-order valence-corrected chi connectivity index (χ3v) is 4.32. The van der Waals surface area contributed by atoms with Crippen LogP contribution in [0.1, 0.15) is 30.4 Å². The van der Waals surface area contributed by atoms with Crippen LogP contribution in [0.3, 0.4) is 0 Å². The minimum atomic E-state index is 0.0518. The number of aromatic nitrogens is 2. The van der Waals surface area contributed by atoms with E-state index in [1.54, 1.807) is 0 Å². The summed E-state index contributed by atoms with van der Waals surface area (Å²) in [4.78, 5) is 16.6. The van der Waals surface area contributed by atoms with Gasteiger partial charge in [0.1, 0.15) is 0 Å².